The third kappa shape index (κ3) is 6.81. The molecule has 0 saturated heterocycles. The molecule has 0 aliphatic carbocycles. The average molecular weight is 330 g/mol. The summed E-state index contributed by atoms with van der Waals surface area (Å²) in [5.41, 5.74) is 7.67. The summed E-state index contributed by atoms with van der Waals surface area (Å²) in [6, 6.07) is 10.7. The van der Waals surface area contributed by atoms with Crippen molar-refractivity contribution < 1.29 is 0 Å². The van der Waals surface area contributed by atoms with Crippen LogP contribution in [-0.2, 0) is 6.42 Å². The number of rotatable bonds is 13. The summed E-state index contributed by atoms with van der Waals surface area (Å²) in [5.74, 6) is 0. The van der Waals surface area contributed by atoms with E-state index in [1.807, 2.05) is 0 Å². The Labute approximate surface area is 150 Å². The molecule has 0 radical (unpaired) electrons. The largest absolute Gasteiger partial charge is 0.325 e. The fourth-order valence-electron chi connectivity index (χ4n) is 3.61. The van der Waals surface area contributed by atoms with E-state index >= 15 is 0 Å². The Morgan fingerprint density at radius 1 is 0.917 bits per heavy atom. The number of hydrogen-bond donors (Lipinski definition) is 1. The van der Waals surface area contributed by atoms with Crippen LogP contribution >= 0.6 is 0 Å². The zero-order valence-electron chi connectivity index (χ0n) is 16.3. The predicted molar refractivity (Wildman–Crippen MR) is 108 cm³/mol. The van der Waals surface area contributed by atoms with Crippen LogP contribution in [0.5, 0.6) is 0 Å². The second-order valence-corrected chi connectivity index (χ2v) is 7.97. The predicted octanol–water partition coefficient (Wildman–Crippen LogP) is 6.67. The molecular formula is C23H39N. The van der Waals surface area contributed by atoms with E-state index in [2.05, 4.69) is 63.8 Å². The summed E-state index contributed by atoms with van der Waals surface area (Å²) in [6.45, 7) is 10.7. The molecule has 0 bridgehead atoms. The van der Waals surface area contributed by atoms with Crippen molar-refractivity contribution >= 4 is 0 Å². The smallest absolute Gasteiger partial charge is 0.0192 e. The summed E-state index contributed by atoms with van der Waals surface area (Å²) in [4.78, 5) is 0. The van der Waals surface area contributed by atoms with Crippen LogP contribution in [0.1, 0.15) is 84.1 Å². The minimum absolute atomic E-state index is 0.0312. The van der Waals surface area contributed by atoms with Gasteiger partial charge in [-0.25, -0.2) is 0 Å². The number of hydrogen-bond acceptors (Lipinski definition) is 1. The van der Waals surface area contributed by atoms with Gasteiger partial charge in [0.2, 0.25) is 0 Å². The van der Waals surface area contributed by atoms with Crippen molar-refractivity contribution in [3.63, 3.8) is 0 Å². The van der Waals surface area contributed by atoms with Crippen molar-refractivity contribution in [1.29, 1.82) is 0 Å². The SMILES string of the molecule is C=CC(CCCCCCCCCC)(Cc1ccccc1)C(C)(C)N. The summed E-state index contributed by atoms with van der Waals surface area (Å²) in [5, 5.41) is 0. The minimum Gasteiger partial charge on any atom is -0.325 e. The first-order valence-electron chi connectivity index (χ1n) is 9.91. The van der Waals surface area contributed by atoms with Gasteiger partial charge in [0.25, 0.3) is 0 Å². The lowest BCUT2D eigenvalue weighted by molar-refractivity contribution is 0.192. The van der Waals surface area contributed by atoms with Gasteiger partial charge >= 0.3 is 0 Å². The van der Waals surface area contributed by atoms with E-state index in [1.54, 1.807) is 0 Å². The molecule has 136 valence electrons. The van der Waals surface area contributed by atoms with Crippen molar-refractivity contribution in [3.8, 4) is 0 Å². The molecule has 0 fully saturated rings. The van der Waals surface area contributed by atoms with E-state index in [-0.39, 0.29) is 11.0 Å². The Balaban J connectivity index is 2.53. The fourth-order valence-corrected chi connectivity index (χ4v) is 3.61. The van der Waals surface area contributed by atoms with Crippen molar-refractivity contribution in [2.24, 2.45) is 11.1 Å². The third-order valence-electron chi connectivity index (χ3n) is 5.51. The molecule has 1 unspecified atom stereocenters. The normalized spacial score (nSPS) is 14.3. The highest BCUT2D eigenvalue weighted by molar-refractivity contribution is 5.21. The molecule has 0 aromatic heterocycles. The average Bonchev–Trinajstić information content (AvgIpc) is 2.56. The van der Waals surface area contributed by atoms with Crippen LogP contribution in [-0.4, -0.2) is 5.54 Å². The molecule has 1 atom stereocenters. The van der Waals surface area contributed by atoms with Crippen LogP contribution in [0.4, 0.5) is 0 Å². The third-order valence-corrected chi connectivity index (χ3v) is 5.51. The summed E-state index contributed by atoms with van der Waals surface area (Å²) < 4.78 is 0. The van der Waals surface area contributed by atoms with Gasteiger partial charge in [0.05, 0.1) is 0 Å². The monoisotopic (exact) mass is 329 g/mol. The Hall–Kier alpha value is -1.08. The summed E-state index contributed by atoms with van der Waals surface area (Å²) in [6.07, 6.45) is 15.0. The summed E-state index contributed by atoms with van der Waals surface area (Å²) in [7, 11) is 0. The standard InChI is InChI=1S/C23H39N/c1-5-7-8-9-10-11-12-16-19-23(6-2,22(3,4)24)20-21-17-14-13-15-18-21/h6,13-15,17-18H,2,5,7-12,16,19-20,24H2,1,3-4H3. The van der Waals surface area contributed by atoms with Crippen LogP contribution in [0, 0.1) is 5.41 Å². The molecule has 0 aliphatic heterocycles. The quantitative estimate of drug-likeness (QED) is 0.317. The van der Waals surface area contributed by atoms with Crippen LogP contribution in [0.25, 0.3) is 0 Å². The maximum Gasteiger partial charge on any atom is 0.0192 e. The lowest BCUT2D eigenvalue weighted by Gasteiger charge is -2.43. The highest BCUT2D eigenvalue weighted by atomic mass is 14.8. The lowest BCUT2D eigenvalue weighted by Crippen LogP contribution is -2.51. The van der Waals surface area contributed by atoms with E-state index in [4.69, 9.17) is 5.73 Å². The molecule has 0 amide bonds. The second kappa shape index (κ2) is 10.7. The molecule has 0 heterocycles. The molecule has 1 nitrogen and oxygen atoms in total. The van der Waals surface area contributed by atoms with Gasteiger partial charge < -0.3 is 5.73 Å². The van der Waals surface area contributed by atoms with E-state index in [0.717, 1.165) is 12.8 Å². The molecule has 1 aromatic carbocycles. The van der Waals surface area contributed by atoms with Crippen molar-refractivity contribution in [3.05, 3.63) is 48.6 Å². The summed E-state index contributed by atoms with van der Waals surface area (Å²) >= 11 is 0. The van der Waals surface area contributed by atoms with Gasteiger partial charge in [-0.1, -0.05) is 94.7 Å². The Kier molecular flexibility index (Phi) is 9.36. The fraction of sp³-hybridized carbons (Fsp3) is 0.652. The minimum atomic E-state index is -0.258. The first kappa shape index (κ1) is 21.0. The Bertz CT molecular complexity index is 443. The topological polar surface area (TPSA) is 26.0 Å². The van der Waals surface area contributed by atoms with Crippen molar-refractivity contribution in [2.45, 2.75) is 90.5 Å². The number of unbranched alkanes of at least 4 members (excludes halogenated alkanes) is 7. The zero-order valence-corrected chi connectivity index (χ0v) is 16.3. The zero-order chi connectivity index (χ0) is 17.9. The molecule has 1 heteroatoms. The number of benzene rings is 1. The van der Waals surface area contributed by atoms with E-state index < -0.39 is 0 Å². The van der Waals surface area contributed by atoms with Gasteiger partial charge in [0, 0.05) is 11.0 Å². The second-order valence-electron chi connectivity index (χ2n) is 7.97. The van der Waals surface area contributed by atoms with Crippen molar-refractivity contribution in [2.75, 3.05) is 0 Å². The van der Waals surface area contributed by atoms with E-state index in [0.29, 0.717) is 0 Å². The molecule has 0 aliphatic rings. The molecular weight excluding hydrogens is 290 g/mol. The van der Waals surface area contributed by atoms with Crippen LogP contribution in [0.2, 0.25) is 0 Å². The number of nitrogens with two attached hydrogens (primary N) is 1. The molecule has 2 N–H and O–H groups in total. The molecule has 1 aromatic rings. The highest BCUT2D eigenvalue weighted by Crippen LogP contribution is 2.40. The molecule has 0 spiro atoms. The maximum atomic E-state index is 6.60. The van der Waals surface area contributed by atoms with Gasteiger partial charge in [-0.2, -0.15) is 0 Å². The van der Waals surface area contributed by atoms with Gasteiger partial charge in [-0.05, 0) is 32.3 Å². The molecule has 24 heavy (non-hydrogen) atoms. The van der Waals surface area contributed by atoms with E-state index in [9.17, 15) is 0 Å². The maximum absolute atomic E-state index is 6.60. The van der Waals surface area contributed by atoms with Crippen LogP contribution in [0.3, 0.4) is 0 Å². The van der Waals surface area contributed by atoms with Crippen LogP contribution < -0.4 is 5.73 Å². The highest BCUT2D eigenvalue weighted by Gasteiger charge is 2.39. The van der Waals surface area contributed by atoms with Crippen LogP contribution in [0.15, 0.2) is 43.0 Å². The molecule has 1 rings (SSSR count). The Morgan fingerprint density at radius 2 is 1.46 bits per heavy atom. The lowest BCUT2D eigenvalue weighted by atomic mass is 9.65. The van der Waals surface area contributed by atoms with Gasteiger partial charge in [0.1, 0.15) is 0 Å². The van der Waals surface area contributed by atoms with Gasteiger partial charge in [0.15, 0.2) is 0 Å². The first-order chi connectivity index (χ1) is 11.4. The first-order valence-corrected chi connectivity index (χ1v) is 9.91. The molecule has 0 saturated carbocycles. The van der Waals surface area contributed by atoms with Gasteiger partial charge in [-0.3, -0.25) is 0 Å². The van der Waals surface area contributed by atoms with Gasteiger partial charge in [-0.15, -0.1) is 6.58 Å². The Morgan fingerprint density at radius 3 is 1.96 bits per heavy atom. The van der Waals surface area contributed by atoms with E-state index in [1.165, 1.54) is 56.9 Å². The van der Waals surface area contributed by atoms with Crippen molar-refractivity contribution in [1.82, 2.24) is 0 Å².